The van der Waals surface area contributed by atoms with Gasteiger partial charge in [-0.1, -0.05) is 6.08 Å². The summed E-state index contributed by atoms with van der Waals surface area (Å²) in [5, 5.41) is 0. The molecule has 1 aromatic rings. The SMILES string of the molecule is C=Nc1cc(C)oc1/C=C\C. The van der Waals surface area contributed by atoms with Crippen LogP contribution >= 0.6 is 0 Å². The molecule has 0 spiro atoms. The third-order valence-electron chi connectivity index (χ3n) is 1.35. The van der Waals surface area contributed by atoms with Crippen LogP contribution in [0.5, 0.6) is 0 Å². The van der Waals surface area contributed by atoms with Crippen LogP contribution < -0.4 is 0 Å². The number of aliphatic imine (C=N–C) groups is 1. The fourth-order valence-corrected chi connectivity index (χ4v) is 0.913. The molecular weight excluding hydrogens is 138 g/mol. The van der Waals surface area contributed by atoms with Gasteiger partial charge in [0, 0.05) is 6.07 Å². The first-order valence-corrected chi connectivity index (χ1v) is 3.47. The van der Waals surface area contributed by atoms with Gasteiger partial charge in [0.05, 0.1) is 0 Å². The third kappa shape index (κ3) is 1.58. The first-order chi connectivity index (χ1) is 5.27. The van der Waals surface area contributed by atoms with Crippen LogP contribution in [0.25, 0.3) is 6.08 Å². The highest BCUT2D eigenvalue weighted by Crippen LogP contribution is 2.24. The number of aryl methyl sites for hydroxylation is 1. The fraction of sp³-hybridized carbons (Fsp3) is 0.222. The maximum Gasteiger partial charge on any atom is 0.152 e. The molecule has 0 aliphatic rings. The van der Waals surface area contributed by atoms with Crippen molar-refractivity contribution < 1.29 is 4.42 Å². The fourth-order valence-electron chi connectivity index (χ4n) is 0.913. The second-order valence-corrected chi connectivity index (χ2v) is 2.26. The molecule has 0 fully saturated rings. The summed E-state index contributed by atoms with van der Waals surface area (Å²) in [5.74, 6) is 1.64. The largest absolute Gasteiger partial charge is 0.460 e. The summed E-state index contributed by atoms with van der Waals surface area (Å²) >= 11 is 0. The molecule has 0 atom stereocenters. The molecule has 0 aliphatic heterocycles. The van der Waals surface area contributed by atoms with Crippen LogP contribution in [0.15, 0.2) is 21.6 Å². The summed E-state index contributed by atoms with van der Waals surface area (Å²) in [7, 11) is 0. The molecule has 0 saturated carbocycles. The maximum absolute atomic E-state index is 5.33. The molecule has 58 valence electrons. The topological polar surface area (TPSA) is 25.5 Å². The summed E-state index contributed by atoms with van der Waals surface area (Å²) in [5.41, 5.74) is 0.806. The Bertz CT molecular complexity index is 284. The van der Waals surface area contributed by atoms with E-state index in [-0.39, 0.29) is 0 Å². The van der Waals surface area contributed by atoms with Gasteiger partial charge in [0.1, 0.15) is 11.4 Å². The van der Waals surface area contributed by atoms with Crippen LogP contribution in [0.3, 0.4) is 0 Å². The first-order valence-electron chi connectivity index (χ1n) is 3.47. The minimum absolute atomic E-state index is 0.778. The number of furan rings is 1. The van der Waals surface area contributed by atoms with Crippen molar-refractivity contribution in [2.45, 2.75) is 13.8 Å². The van der Waals surface area contributed by atoms with E-state index >= 15 is 0 Å². The summed E-state index contributed by atoms with van der Waals surface area (Å²) in [6.45, 7) is 7.27. The highest BCUT2D eigenvalue weighted by molar-refractivity contribution is 5.61. The third-order valence-corrected chi connectivity index (χ3v) is 1.35. The van der Waals surface area contributed by atoms with Crippen molar-refractivity contribution in [3.63, 3.8) is 0 Å². The van der Waals surface area contributed by atoms with Crippen LogP contribution in [0.1, 0.15) is 18.4 Å². The Morgan fingerprint density at radius 3 is 2.91 bits per heavy atom. The second kappa shape index (κ2) is 3.19. The smallest absolute Gasteiger partial charge is 0.152 e. The van der Waals surface area contributed by atoms with Gasteiger partial charge < -0.3 is 4.42 Å². The van der Waals surface area contributed by atoms with Crippen LogP contribution in [0.2, 0.25) is 0 Å². The zero-order valence-electron chi connectivity index (χ0n) is 6.79. The zero-order chi connectivity index (χ0) is 8.27. The molecule has 0 saturated heterocycles. The normalized spacial score (nSPS) is 10.7. The zero-order valence-corrected chi connectivity index (χ0v) is 6.79. The van der Waals surface area contributed by atoms with Gasteiger partial charge in [-0.25, -0.2) is 0 Å². The molecule has 2 nitrogen and oxygen atoms in total. The van der Waals surface area contributed by atoms with E-state index in [0.717, 1.165) is 17.2 Å². The van der Waals surface area contributed by atoms with Crippen molar-refractivity contribution in [1.82, 2.24) is 0 Å². The lowest BCUT2D eigenvalue weighted by molar-refractivity contribution is 0.525. The number of rotatable bonds is 2. The van der Waals surface area contributed by atoms with E-state index in [2.05, 4.69) is 11.7 Å². The number of nitrogens with zero attached hydrogens (tertiary/aromatic N) is 1. The van der Waals surface area contributed by atoms with Crippen LogP contribution in [0, 0.1) is 6.92 Å². The molecule has 11 heavy (non-hydrogen) atoms. The predicted molar refractivity (Wildman–Crippen MR) is 47.4 cm³/mol. The van der Waals surface area contributed by atoms with E-state index in [1.165, 1.54) is 0 Å². The summed E-state index contributed by atoms with van der Waals surface area (Å²) in [4.78, 5) is 3.81. The number of hydrogen-bond donors (Lipinski definition) is 0. The minimum atomic E-state index is 0.778. The average Bonchev–Trinajstić information content (AvgIpc) is 2.32. The van der Waals surface area contributed by atoms with Crippen molar-refractivity contribution in [3.8, 4) is 0 Å². The maximum atomic E-state index is 5.33. The standard InChI is InChI=1S/C9H11NO/c1-4-5-9-8(10-3)6-7(2)11-9/h4-6H,3H2,1-2H3/b5-4-. The molecule has 0 N–H and O–H groups in total. The first kappa shape index (κ1) is 7.79. The Balaban J connectivity index is 3.11. The number of hydrogen-bond acceptors (Lipinski definition) is 2. The monoisotopic (exact) mass is 149 g/mol. The lowest BCUT2D eigenvalue weighted by Crippen LogP contribution is -1.61. The van der Waals surface area contributed by atoms with Crippen molar-refractivity contribution in [3.05, 3.63) is 23.7 Å². The average molecular weight is 149 g/mol. The van der Waals surface area contributed by atoms with E-state index in [1.807, 2.05) is 32.1 Å². The van der Waals surface area contributed by atoms with Crippen molar-refractivity contribution in [2.75, 3.05) is 0 Å². The highest BCUT2D eigenvalue weighted by Gasteiger charge is 2.02. The Kier molecular flexibility index (Phi) is 2.26. The molecule has 0 bridgehead atoms. The van der Waals surface area contributed by atoms with E-state index in [4.69, 9.17) is 4.42 Å². The molecule has 1 aromatic heterocycles. The van der Waals surface area contributed by atoms with Crippen LogP contribution in [-0.2, 0) is 0 Å². The lowest BCUT2D eigenvalue weighted by Gasteiger charge is -1.85. The van der Waals surface area contributed by atoms with Crippen molar-refractivity contribution in [1.29, 1.82) is 0 Å². The molecule has 0 unspecified atom stereocenters. The van der Waals surface area contributed by atoms with Gasteiger partial charge in [-0.2, -0.15) is 0 Å². The predicted octanol–water partition coefficient (Wildman–Crippen LogP) is 2.95. The lowest BCUT2D eigenvalue weighted by atomic mass is 10.3. The highest BCUT2D eigenvalue weighted by atomic mass is 16.3. The Morgan fingerprint density at radius 2 is 2.36 bits per heavy atom. The van der Waals surface area contributed by atoms with Gasteiger partial charge in [-0.15, -0.1) is 0 Å². The van der Waals surface area contributed by atoms with Gasteiger partial charge in [-0.3, -0.25) is 4.99 Å². The summed E-state index contributed by atoms with van der Waals surface area (Å²) < 4.78 is 5.33. The van der Waals surface area contributed by atoms with Gasteiger partial charge >= 0.3 is 0 Å². The summed E-state index contributed by atoms with van der Waals surface area (Å²) in [6.07, 6.45) is 3.78. The van der Waals surface area contributed by atoms with E-state index < -0.39 is 0 Å². The van der Waals surface area contributed by atoms with Crippen molar-refractivity contribution in [2.24, 2.45) is 4.99 Å². The number of allylic oxidation sites excluding steroid dienone is 1. The molecule has 1 heterocycles. The van der Waals surface area contributed by atoms with Crippen LogP contribution in [0.4, 0.5) is 5.69 Å². The Labute approximate surface area is 66.3 Å². The van der Waals surface area contributed by atoms with Gasteiger partial charge in [0.15, 0.2) is 5.76 Å². The molecule has 0 aromatic carbocycles. The van der Waals surface area contributed by atoms with Gasteiger partial charge in [0.2, 0.25) is 0 Å². The molecule has 0 aliphatic carbocycles. The van der Waals surface area contributed by atoms with Crippen LogP contribution in [-0.4, -0.2) is 6.72 Å². The quantitative estimate of drug-likeness (QED) is 0.593. The van der Waals surface area contributed by atoms with Crippen molar-refractivity contribution >= 4 is 18.5 Å². The second-order valence-electron chi connectivity index (χ2n) is 2.26. The van der Waals surface area contributed by atoms with E-state index in [0.29, 0.717) is 0 Å². The summed E-state index contributed by atoms with van der Waals surface area (Å²) in [6, 6.07) is 1.86. The molecule has 0 amide bonds. The Hall–Kier alpha value is -1.31. The molecular formula is C9H11NO. The molecule has 2 heteroatoms. The van der Waals surface area contributed by atoms with Gasteiger partial charge in [-0.05, 0) is 26.6 Å². The van der Waals surface area contributed by atoms with E-state index in [9.17, 15) is 0 Å². The van der Waals surface area contributed by atoms with Gasteiger partial charge in [0.25, 0.3) is 0 Å². The molecule has 0 radical (unpaired) electrons. The Morgan fingerprint density at radius 1 is 1.64 bits per heavy atom. The minimum Gasteiger partial charge on any atom is -0.460 e. The van der Waals surface area contributed by atoms with E-state index in [1.54, 1.807) is 0 Å². The molecule has 1 rings (SSSR count).